The molecule has 1 aromatic heterocycles. The van der Waals surface area contributed by atoms with Gasteiger partial charge in [-0.2, -0.15) is 5.10 Å². The number of benzene rings is 1. The van der Waals surface area contributed by atoms with Crippen molar-refractivity contribution in [3.63, 3.8) is 0 Å². The topological polar surface area (TPSA) is 27.1 Å². The lowest BCUT2D eigenvalue weighted by atomic mass is 10.1. The molecule has 0 saturated heterocycles. The Bertz CT molecular complexity index is 517. The molecule has 0 N–H and O–H groups in total. The number of hydrogen-bond acceptors (Lipinski definition) is 2. The Hall–Kier alpha value is -1.04. The minimum atomic E-state index is 1.03. The van der Waals surface area contributed by atoms with Gasteiger partial charge in [-0.05, 0) is 46.4 Å². The Kier molecular flexibility index (Phi) is 2.95. The monoisotopic (exact) mass is 314 g/mol. The van der Waals surface area contributed by atoms with E-state index in [0.29, 0.717) is 0 Å². The lowest BCUT2D eigenvalue weighted by Gasteiger charge is -1.96. The molecule has 0 bridgehead atoms. The molecule has 2 rings (SSSR count). The van der Waals surface area contributed by atoms with Crippen LogP contribution in [0.5, 0.6) is 0 Å². The maximum Gasteiger partial charge on any atom is 0.131 e. The smallest absolute Gasteiger partial charge is 0.131 e. The summed E-state index contributed by atoms with van der Waals surface area (Å²) in [6, 6.07) is 6.23. The number of fused-ring (bicyclic) bond motifs is 1. The fraction of sp³-hybridized carbons (Fsp3) is 0.182. The van der Waals surface area contributed by atoms with Crippen LogP contribution in [0.1, 0.15) is 5.56 Å². The number of aryl methyl sites for hydroxylation is 1. The highest BCUT2D eigenvalue weighted by Crippen LogP contribution is 2.21. The maximum absolute atomic E-state index is 4.89. The predicted octanol–water partition coefficient (Wildman–Crippen LogP) is 2.80. The normalized spacial score (nSPS) is 11.4. The van der Waals surface area contributed by atoms with Crippen LogP contribution in [0.25, 0.3) is 17.0 Å². The van der Waals surface area contributed by atoms with Crippen LogP contribution >= 0.6 is 22.6 Å². The summed E-state index contributed by atoms with van der Waals surface area (Å²) in [4.78, 5) is 0. The van der Waals surface area contributed by atoms with Crippen LogP contribution < -0.4 is 0 Å². The standard InChI is InChI=1S/C11H11IN2O/c1-14-10-4-3-8(5-6-15-2)7-9(10)11(12)13-14/h3-7H,1-2H3/b6-5+. The average molecular weight is 314 g/mol. The van der Waals surface area contributed by atoms with Gasteiger partial charge in [-0.3, -0.25) is 4.68 Å². The van der Waals surface area contributed by atoms with Crippen molar-refractivity contribution < 1.29 is 4.74 Å². The van der Waals surface area contributed by atoms with Gasteiger partial charge in [-0.15, -0.1) is 0 Å². The number of hydrogen-bond donors (Lipinski definition) is 0. The first-order valence-electron chi connectivity index (χ1n) is 4.54. The molecule has 0 aliphatic carbocycles. The lowest BCUT2D eigenvalue weighted by molar-refractivity contribution is 0.341. The van der Waals surface area contributed by atoms with Gasteiger partial charge in [0, 0.05) is 12.4 Å². The van der Waals surface area contributed by atoms with E-state index in [1.165, 1.54) is 5.39 Å². The summed E-state index contributed by atoms with van der Waals surface area (Å²) in [7, 11) is 3.60. The quantitative estimate of drug-likeness (QED) is 0.629. The minimum Gasteiger partial charge on any atom is -0.504 e. The molecule has 4 heteroatoms. The number of nitrogens with zero attached hydrogens (tertiary/aromatic N) is 2. The molecule has 0 spiro atoms. The highest BCUT2D eigenvalue weighted by molar-refractivity contribution is 14.1. The van der Waals surface area contributed by atoms with Crippen molar-refractivity contribution in [1.82, 2.24) is 9.78 Å². The van der Waals surface area contributed by atoms with Gasteiger partial charge < -0.3 is 4.74 Å². The van der Waals surface area contributed by atoms with Gasteiger partial charge in [0.15, 0.2) is 0 Å². The van der Waals surface area contributed by atoms with E-state index in [0.717, 1.165) is 14.8 Å². The molecule has 1 heterocycles. The number of ether oxygens (including phenoxy) is 1. The molecule has 0 fully saturated rings. The van der Waals surface area contributed by atoms with Crippen LogP contribution in [0.2, 0.25) is 0 Å². The van der Waals surface area contributed by atoms with Crippen molar-refractivity contribution in [1.29, 1.82) is 0 Å². The highest BCUT2D eigenvalue weighted by Gasteiger charge is 2.05. The van der Waals surface area contributed by atoms with E-state index in [1.807, 2.05) is 17.8 Å². The van der Waals surface area contributed by atoms with Gasteiger partial charge >= 0.3 is 0 Å². The molecule has 1 aromatic carbocycles. The fourth-order valence-electron chi connectivity index (χ4n) is 1.49. The van der Waals surface area contributed by atoms with Crippen molar-refractivity contribution in [2.45, 2.75) is 0 Å². The second-order valence-electron chi connectivity index (χ2n) is 3.23. The van der Waals surface area contributed by atoms with Gasteiger partial charge in [0.2, 0.25) is 0 Å². The van der Waals surface area contributed by atoms with E-state index in [4.69, 9.17) is 4.74 Å². The van der Waals surface area contributed by atoms with Gasteiger partial charge in [-0.25, -0.2) is 0 Å². The first-order chi connectivity index (χ1) is 7.22. The zero-order chi connectivity index (χ0) is 10.8. The Morgan fingerprint density at radius 3 is 3.00 bits per heavy atom. The SMILES string of the molecule is CO/C=C/c1ccc2c(c1)c(I)nn2C. The number of methoxy groups -OCH3 is 1. The molecular formula is C11H11IN2O. The average Bonchev–Trinajstić information content (AvgIpc) is 2.52. The molecule has 0 amide bonds. The Balaban J connectivity index is 2.55. The maximum atomic E-state index is 4.89. The Labute approximate surface area is 102 Å². The van der Waals surface area contributed by atoms with E-state index in [2.05, 4.69) is 45.9 Å². The predicted molar refractivity (Wildman–Crippen MR) is 69.5 cm³/mol. The summed E-state index contributed by atoms with van der Waals surface area (Å²) in [5.74, 6) is 0. The first kappa shape index (κ1) is 10.5. The molecule has 0 aliphatic rings. The van der Waals surface area contributed by atoms with E-state index in [-0.39, 0.29) is 0 Å². The molecule has 3 nitrogen and oxygen atoms in total. The summed E-state index contributed by atoms with van der Waals surface area (Å²) in [6.07, 6.45) is 3.60. The Morgan fingerprint density at radius 2 is 2.27 bits per heavy atom. The zero-order valence-electron chi connectivity index (χ0n) is 8.57. The third-order valence-corrected chi connectivity index (χ3v) is 3.02. The number of rotatable bonds is 2. The summed E-state index contributed by atoms with van der Waals surface area (Å²) < 4.78 is 7.81. The molecule has 15 heavy (non-hydrogen) atoms. The minimum absolute atomic E-state index is 1.03. The second-order valence-corrected chi connectivity index (χ2v) is 4.25. The summed E-state index contributed by atoms with van der Waals surface area (Å²) in [5, 5.41) is 5.54. The van der Waals surface area contributed by atoms with Crippen LogP contribution in [0.3, 0.4) is 0 Å². The molecule has 78 valence electrons. The third kappa shape index (κ3) is 1.99. The molecule has 0 atom stereocenters. The van der Waals surface area contributed by atoms with Crippen molar-refractivity contribution in [3.8, 4) is 0 Å². The molecular weight excluding hydrogens is 303 g/mol. The van der Waals surface area contributed by atoms with Gasteiger partial charge in [-0.1, -0.05) is 6.07 Å². The lowest BCUT2D eigenvalue weighted by Crippen LogP contribution is -1.88. The van der Waals surface area contributed by atoms with Gasteiger partial charge in [0.25, 0.3) is 0 Å². The second kappa shape index (κ2) is 4.22. The van der Waals surface area contributed by atoms with E-state index < -0.39 is 0 Å². The van der Waals surface area contributed by atoms with Gasteiger partial charge in [0.1, 0.15) is 3.70 Å². The van der Waals surface area contributed by atoms with Crippen molar-refractivity contribution in [3.05, 3.63) is 33.7 Å². The van der Waals surface area contributed by atoms with Crippen LogP contribution in [0, 0.1) is 3.70 Å². The van der Waals surface area contributed by atoms with Crippen molar-refractivity contribution in [2.75, 3.05) is 7.11 Å². The highest BCUT2D eigenvalue weighted by atomic mass is 127. The summed E-state index contributed by atoms with van der Waals surface area (Å²) >= 11 is 2.25. The molecule has 0 unspecified atom stereocenters. The van der Waals surface area contributed by atoms with Gasteiger partial charge in [0.05, 0.1) is 18.9 Å². The fourth-order valence-corrected chi connectivity index (χ4v) is 2.25. The number of aromatic nitrogens is 2. The number of halogens is 1. The van der Waals surface area contributed by atoms with E-state index in [1.54, 1.807) is 13.4 Å². The zero-order valence-corrected chi connectivity index (χ0v) is 10.7. The largest absolute Gasteiger partial charge is 0.504 e. The first-order valence-corrected chi connectivity index (χ1v) is 5.62. The third-order valence-electron chi connectivity index (χ3n) is 2.23. The Morgan fingerprint density at radius 1 is 1.47 bits per heavy atom. The molecule has 0 radical (unpaired) electrons. The summed E-state index contributed by atoms with van der Waals surface area (Å²) in [5.41, 5.74) is 2.27. The molecule has 0 aliphatic heterocycles. The molecule has 0 saturated carbocycles. The van der Waals surface area contributed by atoms with Crippen LogP contribution in [0.4, 0.5) is 0 Å². The van der Waals surface area contributed by atoms with Crippen LogP contribution in [-0.2, 0) is 11.8 Å². The van der Waals surface area contributed by atoms with Crippen molar-refractivity contribution in [2.24, 2.45) is 7.05 Å². The van der Waals surface area contributed by atoms with Crippen molar-refractivity contribution >= 4 is 39.6 Å². The molecule has 2 aromatic rings. The van der Waals surface area contributed by atoms with E-state index >= 15 is 0 Å². The van der Waals surface area contributed by atoms with Crippen LogP contribution in [-0.4, -0.2) is 16.9 Å². The van der Waals surface area contributed by atoms with E-state index in [9.17, 15) is 0 Å². The van der Waals surface area contributed by atoms with Crippen LogP contribution in [0.15, 0.2) is 24.5 Å². The summed E-state index contributed by atoms with van der Waals surface area (Å²) in [6.45, 7) is 0.